The molecule has 0 radical (unpaired) electrons. The highest BCUT2D eigenvalue weighted by molar-refractivity contribution is 5.69. The van der Waals surface area contributed by atoms with Crippen LogP contribution in [0.4, 0.5) is 0 Å². The van der Waals surface area contributed by atoms with Crippen molar-refractivity contribution >= 4 is 5.97 Å². The molecule has 0 saturated heterocycles. The third-order valence-corrected chi connectivity index (χ3v) is 5.24. The molecule has 1 N–H and O–H groups in total. The maximum Gasteiger partial charge on any atom is 0.306 e. The van der Waals surface area contributed by atoms with Gasteiger partial charge in [-0.15, -0.1) is 0 Å². The van der Waals surface area contributed by atoms with Crippen LogP contribution in [-0.4, -0.2) is 23.8 Å². The van der Waals surface area contributed by atoms with Gasteiger partial charge in [0.25, 0.3) is 0 Å². The topological polar surface area (TPSA) is 46.5 Å². The molecule has 166 valence electrons. The Morgan fingerprint density at radius 1 is 0.750 bits per heavy atom. The average molecular weight is 397 g/mol. The smallest absolute Gasteiger partial charge is 0.306 e. The Balaban J connectivity index is 3.30. The number of ether oxygens (including phenoxy) is 1. The van der Waals surface area contributed by atoms with Crippen molar-refractivity contribution in [2.24, 2.45) is 0 Å². The molecule has 1 atom stereocenters. The van der Waals surface area contributed by atoms with Crippen LogP contribution < -0.4 is 0 Å². The highest BCUT2D eigenvalue weighted by atomic mass is 16.5. The maximum absolute atomic E-state index is 11.6. The largest absolute Gasteiger partial charge is 0.466 e. The van der Waals surface area contributed by atoms with Crippen molar-refractivity contribution in [3.63, 3.8) is 0 Å². The van der Waals surface area contributed by atoms with Gasteiger partial charge in [-0.3, -0.25) is 4.79 Å². The number of carbonyl (C=O) groups is 1. The van der Waals surface area contributed by atoms with Gasteiger partial charge in [-0.05, 0) is 38.5 Å². The number of rotatable bonds is 21. The summed E-state index contributed by atoms with van der Waals surface area (Å²) in [4.78, 5) is 11.6. The Kier molecular flexibility index (Phi) is 21.8. The summed E-state index contributed by atoms with van der Waals surface area (Å²) in [5.74, 6) is -0.0692. The van der Waals surface area contributed by atoms with Crippen molar-refractivity contribution in [1.82, 2.24) is 0 Å². The molecule has 0 fully saturated rings. The molecule has 0 heterocycles. The molecule has 0 bridgehead atoms. The highest BCUT2D eigenvalue weighted by Crippen LogP contribution is 2.13. The summed E-state index contributed by atoms with van der Waals surface area (Å²) >= 11 is 0. The van der Waals surface area contributed by atoms with E-state index >= 15 is 0 Å². The molecule has 1 unspecified atom stereocenters. The van der Waals surface area contributed by atoms with Crippen LogP contribution in [0.15, 0.2) is 12.2 Å². The lowest BCUT2D eigenvalue weighted by Crippen LogP contribution is -2.06. The summed E-state index contributed by atoms with van der Waals surface area (Å²) in [7, 11) is 0. The summed E-state index contributed by atoms with van der Waals surface area (Å²) in [6.45, 7) is 4.99. The lowest BCUT2D eigenvalue weighted by atomic mass is 10.0. The summed E-state index contributed by atoms with van der Waals surface area (Å²) in [5.41, 5.74) is 0. The van der Waals surface area contributed by atoms with Gasteiger partial charge in [0.1, 0.15) is 0 Å². The van der Waals surface area contributed by atoms with Gasteiger partial charge in [0, 0.05) is 6.42 Å². The fourth-order valence-electron chi connectivity index (χ4n) is 3.35. The fraction of sp³-hybridized carbons (Fsp3) is 0.880. The minimum atomic E-state index is -0.108. The van der Waals surface area contributed by atoms with Crippen LogP contribution in [0.1, 0.15) is 129 Å². The van der Waals surface area contributed by atoms with E-state index in [0.29, 0.717) is 13.0 Å². The third-order valence-electron chi connectivity index (χ3n) is 5.24. The normalized spacial score (nSPS) is 12.5. The van der Waals surface area contributed by atoms with Gasteiger partial charge in [0.05, 0.1) is 12.7 Å². The molecular weight excluding hydrogens is 348 g/mol. The van der Waals surface area contributed by atoms with Crippen molar-refractivity contribution in [3.05, 3.63) is 12.2 Å². The zero-order valence-corrected chi connectivity index (χ0v) is 18.9. The van der Waals surface area contributed by atoms with E-state index in [-0.39, 0.29) is 12.1 Å². The number of hydrogen-bond donors (Lipinski definition) is 1. The number of unbranched alkanes of at least 4 members (excludes halogenated alkanes) is 11. The van der Waals surface area contributed by atoms with Crippen molar-refractivity contribution < 1.29 is 14.6 Å². The van der Waals surface area contributed by atoms with Crippen molar-refractivity contribution in [2.75, 3.05) is 6.61 Å². The number of allylic oxidation sites excluding steroid dienone is 2. The Morgan fingerprint density at radius 3 is 1.96 bits per heavy atom. The van der Waals surface area contributed by atoms with Crippen LogP contribution >= 0.6 is 0 Å². The van der Waals surface area contributed by atoms with Crippen LogP contribution in [0.5, 0.6) is 0 Å². The Labute approximate surface area is 175 Å². The van der Waals surface area contributed by atoms with Crippen LogP contribution in [-0.2, 0) is 9.53 Å². The molecule has 0 aromatic rings. The molecule has 28 heavy (non-hydrogen) atoms. The second kappa shape index (κ2) is 22.5. The van der Waals surface area contributed by atoms with Crippen molar-refractivity contribution in [2.45, 2.75) is 136 Å². The van der Waals surface area contributed by atoms with E-state index in [9.17, 15) is 9.90 Å². The minimum absolute atomic E-state index is 0.0692. The van der Waals surface area contributed by atoms with Crippen molar-refractivity contribution in [1.29, 1.82) is 0 Å². The van der Waals surface area contributed by atoms with E-state index in [4.69, 9.17) is 4.74 Å². The number of esters is 1. The number of aliphatic hydroxyl groups excluding tert-OH is 1. The van der Waals surface area contributed by atoms with Gasteiger partial charge in [-0.25, -0.2) is 0 Å². The molecule has 0 aromatic carbocycles. The quantitative estimate of drug-likeness (QED) is 0.124. The first-order valence-electron chi connectivity index (χ1n) is 12.2. The van der Waals surface area contributed by atoms with E-state index in [1.165, 1.54) is 64.2 Å². The number of aliphatic hydroxyl groups is 1. The first-order chi connectivity index (χ1) is 13.7. The first kappa shape index (κ1) is 27.2. The van der Waals surface area contributed by atoms with Crippen LogP contribution in [0.2, 0.25) is 0 Å². The molecule has 0 aliphatic heterocycles. The molecule has 0 aliphatic rings. The highest BCUT2D eigenvalue weighted by Gasteiger charge is 2.04. The van der Waals surface area contributed by atoms with Crippen LogP contribution in [0, 0.1) is 0 Å². The SMILES string of the molecule is CCCCCC=CCCC(=O)OCCCCCCCC(O)CCCCCCC. The molecule has 0 amide bonds. The summed E-state index contributed by atoms with van der Waals surface area (Å²) < 4.78 is 5.29. The van der Waals surface area contributed by atoms with E-state index in [0.717, 1.165) is 44.9 Å². The summed E-state index contributed by atoms with van der Waals surface area (Å²) in [5, 5.41) is 9.99. The van der Waals surface area contributed by atoms with E-state index in [1.807, 2.05) is 0 Å². The minimum Gasteiger partial charge on any atom is -0.466 e. The fourth-order valence-corrected chi connectivity index (χ4v) is 3.35. The van der Waals surface area contributed by atoms with Crippen LogP contribution in [0.25, 0.3) is 0 Å². The third kappa shape index (κ3) is 21.5. The molecular formula is C25H48O3. The van der Waals surface area contributed by atoms with Gasteiger partial charge in [0.2, 0.25) is 0 Å². The van der Waals surface area contributed by atoms with Crippen molar-refractivity contribution in [3.8, 4) is 0 Å². The first-order valence-corrected chi connectivity index (χ1v) is 12.2. The lowest BCUT2D eigenvalue weighted by Gasteiger charge is -2.10. The number of carbonyl (C=O) groups excluding carboxylic acids is 1. The Morgan fingerprint density at radius 2 is 1.29 bits per heavy atom. The van der Waals surface area contributed by atoms with Gasteiger partial charge in [0.15, 0.2) is 0 Å². The molecule has 0 spiro atoms. The molecule has 3 nitrogen and oxygen atoms in total. The van der Waals surface area contributed by atoms with E-state index < -0.39 is 0 Å². The summed E-state index contributed by atoms with van der Waals surface area (Å²) in [6.07, 6.45) is 24.1. The lowest BCUT2D eigenvalue weighted by molar-refractivity contribution is -0.143. The molecule has 0 saturated carbocycles. The average Bonchev–Trinajstić information content (AvgIpc) is 2.69. The van der Waals surface area contributed by atoms with E-state index in [2.05, 4.69) is 26.0 Å². The molecule has 3 heteroatoms. The standard InChI is InChI=1S/C25H48O3/c1-3-5-7-9-10-14-18-22-25(27)28-23-19-15-11-13-17-21-24(26)20-16-12-8-6-4-2/h10,14,24,26H,3-9,11-13,15-23H2,1-2H3. The van der Waals surface area contributed by atoms with E-state index in [1.54, 1.807) is 0 Å². The van der Waals surface area contributed by atoms with Gasteiger partial charge in [-0.2, -0.15) is 0 Å². The summed E-state index contributed by atoms with van der Waals surface area (Å²) in [6, 6.07) is 0. The number of hydrogen-bond acceptors (Lipinski definition) is 3. The van der Waals surface area contributed by atoms with Gasteiger partial charge >= 0.3 is 5.97 Å². The predicted octanol–water partition coefficient (Wildman–Crippen LogP) is 7.51. The Hall–Kier alpha value is -0.830. The van der Waals surface area contributed by atoms with Crippen LogP contribution in [0.3, 0.4) is 0 Å². The maximum atomic E-state index is 11.6. The zero-order chi connectivity index (χ0) is 20.7. The second-order valence-corrected chi connectivity index (χ2v) is 8.14. The Bertz CT molecular complexity index is 352. The molecule has 0 aromatic heterocycles. The van der Waals surface area contributed by atoms with Gasteiger partial charge in [-0.1, -0.05) is 96.6 Å². The predicted molar refractivity (Wildman–Crippen MR) is 121 cm³/mol. The molecule has 0 aliphatic carbocycles. The monoisotopic (exact) mass is 396 g/mol. The second-order valence-electron chi connectivity index (χ2n) is 8.14. The zero-order valence-electron chi connectivity index (χ0n) is 18.9. The van der Waals surface area contributed by atoms with Gasteiger partial charge < -0.3 is 9.84 Å². The molecule has 0 rings (SSSR count).